The number of hydrogen-bond donors (Lipinski definition) is 2. The average Bonchev–Trinajstić information content (AvgIpc) is 2.83. The van der Waals surface area contributed by atoms with Crippen LogP contribution in [0.3, 0.4) is 0 Å². The Morgan fingerprint density at radius 1 is 1.30 bits per heavy atom. The van der Waals surface area contributed by atoms with Gasteiger partial charge in [0.05, 0.1) is 11.8 Å². The van der Waals surface area contributed by atoms with Gasteiger partial charge in [0.25, 0.3) is 5.91 Å². The predicted molar refractivity (Wildman–Crippen MR) is 78.3 cm³/mol. The number of nitrogens with zero attached hydrogens (tertiary/aromatic N) is 2. The van der Waals surface area contributed by atoms with E-state index < -0.39 is 0 Å². The van der Waals surface area contributed by atoms with E-state index in [2.05, 4.69) is 26.5 Å². The summed E-state index contributed by atoms with van der Waals surface area (Å²) in [6.45, 7) is 3.21. The summed E-state index contributed by atoms with van der Waals surface area (Å²) in [5, 5.41) is 9.57. The first-order valence-corrected chi connectivity index (χ1v) is 6.57. The van der Waals surface area contributed by atoms with E-state index in [0.717, 1.165) is 17.8 Å². The highest BCUT2D eigenvalue weighted by Crippen LogP contribution is 2.11. The first kappa shape index (κ1) is 14.3. The number of carbonyl (C=O) groups is 1. The van der Waals surface area contributed by atoms with Gasteiger partial charge >= 0.3 is 0 Å². The molecule has 1 heterocycles. The summed E-state index contributed by atoms with van der Waals surface area (Å²) in [5.41, 5.74) is 3.73. The number of rotatable bonds is 5. The molecule has 0 spiro atoms. The van der Waals surface area contributed by atoms with Gasteiger partial charge in [0.2, 0.25) is 0 Å². The highest BCUT2D eigenvalue weighted by molar-refractivity contribution is 5.94. The third-order valence-corrected chi connectivity index (χ3v) is 3.12. The van der Waals surface area contributed by atoms with Crippen LogP contribution in [0.4, 0.5) is 0 Å². The van der Waals surface area contributed by atoms with Gasteiger partial charge in [-0.3, -0.25) is 9.89 Å². The van der Waals surface area contributed by atoms with E-state index in [1.165, 1.54) is 5.56 Å². The van der Waals surface area contributed by atoms with Crippen LogP contribution in [0.15, 0.2) is 30.5 Å². The van der Waals surface area contributed by atoms with Crippen molar-refractivity contribution in [2.24, 2.45) is 0 Å². The van der Waals surface area contributed by atoms with Crippen molar-refractivity contribution < 1.29 is 4.79 Å². The minimum Gasteiger partial charge on any atom is -0.348 e. The molecule has 1 aromatic heterocycles. The number of amides is 1. The second-order valence-electron chi connectivity index (χ2n) is 5.10. The van der Waals surface area contributed by atoms with Crippen LogP contribution in [0.1, 0.15) is 27.2 Å². The maximum absolute atomic E-state index is 12.1. The highest BCUT2D eigenvalue weighted by Gasteiger charge is 2.11. The van der Waals surface area contributed by atoms with Crippen LogP contribution in [0.25, 0.3) is 0 Å². The van der Waals surface area contributed by atoms with Crippen LogP contribution in [0, 0.1) is 6.92 Å². The van der Waals surface area contributed by atoms with Gasteiger partial charge < -0.3 is 10.2 Å². The Bertz CT molecular complexity index is 589. The lowest BCUT2D eigenvalue weighted by Gasteiger charge is -2.14. The number of aromatic amines is 1. The van der Waals surface area contributed by atoms with Gasteiger partial charge in [-0.1, -0.05) is 24.3 Å². The summed E-state index contributed by atoms with van der Waals surface area (Å²) >= 11 is 0. The lowest BCUT2D eigenvalue weighted by Crippen LogP contribution is -2.24. The van der Waals surface area contributed by atoms with Gasteiger partial charge in [-0.05, 0) is 32.1 Å². The van der Waals surface area contributed by atoms with Crippen LogP contribution < -0.4 is 5.32 Å². The summed E-state index contributed by atoms with van der Waals surface area (Å²) in [4.78, 5) is 14.2. The summed E-state index contributed by atoms with van der Waals surface area (Å²) < 4.78 is 0. The molecule has 0 aliphatic rings. The molecule has 0 aliphatic carbocycles. The third-order valence-electron chi connectivity index (χ3n) is 3.12. The third kappa shape index (κ3) is 3.45. The number of carbonyl (C=O) groups excluding carboxylic acids is 1. The van der Waals surface area contributed by atoms with Crippen LogP contribution in [0.2, 0.25) is 0 Å². The van der Waals surface area contributed by atoms with Crippen molar-refractivity contribution in [1.29, 1.82) is 0 Å². The van der Waals surface area contributed by atoms with E-state index in [9.17, 15) is 4.79 Å². The number of hydrogen-bond acceptors (Lipinski definition) is 3. The molecule has 5 heteroatoms. The van der Waals surface area contributed by atoms with Gasteiger partial charge in [0, 0.05) is 18.8 Å². The number of aromatic nitrogens is 2. The molecule has 0 saturated heterocycles. The Morgan fingerprint density at radius 2 is 2.00 bits per heavy atom. The Hall–Kier alpha value is -2.14. The van der Waals surface area contributed by atoms with Crippen molar-refractivity contribution in [3.05, 3.63) is 52.8 Å². The standard InChI is InChI=1S/C15H20N4O/c1-11-14(9-17-18-11)15(20)16-8-12-6-4-5-7-13(12)10-19(2)3/h4-7,9H,8,10H2,1-3H3,(H,16,20)(H,17,18). The SMILES string of the molecule is Cc1[nH]ncc1C(=O)NCc1ccccc1CN(C)C. The van der Waals surface area contributed by atoms with Crippen LogP contribution in [-0.2, 0) is 13.1 Å². The van der Waals surface area contributed by atoms with Crippen molar-refractivity contribution in [1.82, 2.24) is 20.4 Å². The molecule has 2 rings (SSSR count). The molecule has 1 amide bonds. The van der Waals surface area contributed by atoms with Gasteiger partial charge in [0.1, 0.15) is 0 Å². The van der Waals surface area contributed by atoms with E-state index in [4.69, 9.17) is 0 Å². The average molecular weight is 272 g/mol. The van der Waals surface area contributed by atoms with Crippen LogP contribution >= 0.6 is 0 Å². The fraction of sp³-hybridized carbons (Fsp3) is 0.333. The summed E-state index contributed by atoms with van der Waals surface area (Å²) in [5.74, 6) is -0.101. The van der Waals surface area contributed by atoms with Gasteiger partial charge in [-0.25, -0.2) is 0 Å². The van der Waals surface area contributed by atoms with Crippen molar-refractivity contribution >= 4 is 5.91 Å². The van der Waals surface area contributed by atoms with Gasteiger partial charge in [-0.2, -0.15) is 5.10 Å². The van der Waals surface area contributed by atoms with Crippen molar-refractivity contribution in [3.8, 4) is 0 Å². The summed E-state index contributed by atoms with van der Waals surface area (Å²) in [6.07, 6.45) is 1.55. The van der Waals surface area contributed by atoms with Crippen molar-refractivity contribution in [2.75, 3.05) is 14.1 Å². The Kier molecular flexibility index (Phi) is 4.53. The molecule has 0 saturated carbocycles. The maximum atomic E-state index is 12.1. The molecule has 0 bridgehead atoms. The summed E-state index contributed by atoms with van der Waals surface area (Å²) in [7, 11) is 4.06. The smallest absolute Gasteiger partial charge is 0.255 e. The van der Waals surface area contributed by atoms with E-state index in [1.54, 1.807) is 6.20 Å². The Balaban J connectivity index is 2.04. The van der Waals surface area contributed by atoms with E-state index in [-0.39, 0.29) is 5.91 Å². The quantitative estimate of drug-likeness (QED) is 0.871. The summed E-state index contributed by atoms with van der Waals surface area (Å²) in [6, 6.07) is 8.14. The lowest BCUT2D eigenvalue weighted by atomic mass is 10.1. The monoisotopic (exact) mass is 272 g/mol. The van der Waals surface area contributed by atoms with Gasteiger partial charge in [0.15, 0.2) is 0 Å². The first-order valence-electron chi connectivity index (χ1n) is 6.57. The minimum atomic E-state index is -0.101. The van der Waals surface area contributed by atoms with Crippen molar-refractivity contribution in [2.45, 2.75) is 20.0 Å². The number of aryl methyl sites for hydroxylation is 1. The molecule has 2 N–H and O–H groups in total. The molecule has 0 atom stereocenters. The molecular weight excluding hydrogens is 252 g/mol. The minimum absolute atomic E-state index is 0.101. The van der Waals surface area contributed by atoms with Gasteiger partial charge in [-0.15, -0.1) is 0 Å². The number of nitrogens with one attached hydrogen (secondary N) is 2. The zero-order chi connectivity index (χ0) is 14.5. The molecule has 20 heavy (non-hydrogen) atoms. The molecule has 0 fully saturated rings. The lowest BCUT2D eigenvalue weighted by molar-refractivity contribution is 0.0950. The Morgan fingerprint density at radius 3 is 2.60 bits per heavy atom. The molecular formula is C15H20N4O. The fourth-order valence-electron chi connectivity index (χ4n) is 2.08. The fourth-order valence-corrected chi connectivity index (χ4v) is 2.08. The molecule has 5 nitrogen and oxygen atoms in total. The largest absolute Gasteiger partial charge is 0.348 e. The van der Waals surface area contributed by atoms with E-state index in [1.807, 2.05) is 39.2 Å². The van der Waals surface area contributed by atoms with Crippen LogP contribution in [-0.4, -0.2) is 35.1 Å². The molecule has 0 unspecified atom stereocenters. The molecule has 2 aromatic rings. The zero-order valence-electron chi connectivity index (χ0n) is 12.1. The molecule has 0 aliphatic heterocycles. The zero-order valence-corrected chi connectivity index (χ0v) is 12.1. The second kappa shape index (κ2) is 6.34. The normalized spacial score (nSPS) is 10.8. The predicted octanol–water partition coefficient (Wildman–Crippen LogP) is 1.71. The van der Waals surface area contributed by atoms with E-state index >= 15 is 0 Å². The molecule has 106 valence electrons. The molecule has 1 aromatic carbocycles. The molecule has 0 radical (unpaired) electrons. The highest BCUT2D eigenvalue weighted by atomic mass is 16.1. The number of H-pyrrole nitrogens is 1. The maximum Gasteiger partial charge on any atom is 0.255 e. The topological polar surface area (TPSA) is 61.0 Å². The van der Waals surface area contributed by atoms with Crippen LogP contribution in [0.5, 0.6) is 0 Å². The number of benzene rings is 1. The van der Waals surface area contributed by atoms with Crippen molar-refractivity contribution in [3.63, 3.8) is 0 Å². The van der Waals surface area contributed by atoms with E-state index in [0.29, 0.717) is 12.1 Å². The second-order valence-corrected chi connectivity index (χ2v) is 5.10. The Labute approximate surface area is 119 Å². The first-order chi connectivity index (χ1) is 9.58.